The van der Waals surface area contributed by atoms with E-state index in [2.05, 4.69) is 25.3 Å². The molecule has 2 rings (SSSR count). The van der Waals surface area contributed by atoms with Crippen molar-refractivity contribution in [3.8, 4) is 5.88 Å². The summed E-state index contributed by atoms with van der Waals surface area (Å²) in [7, 11) is 0. The zero-order valence-electron chi connectivity index (χ0n) is 15.4. The molecule has 150 valence electrons. The normalized spacial score (nSPS) is 12.2. The molecular formula is C18H19F3N4O3. The van der Waals surface area contributed by atoms with Crippen molar-refractivity contribution in [3.05, 3.63) is 47.3 Å². The van der Waals surface area contributed by atoms with Gasteiger partial charge in [0.15, 0.2) is 6.61 Å². The molecule has 10 heteroatoms. The fourth-order valence-corrected chi connectivity index (χ4v) is 2.31. The molecule has 0 radical (unpaired) electrons. The van der Waals surface area contributed by atoms with Crippen molar-refractivity contribution in [2.75, 3.05) is 11.9 Å². The van der Waals surface area contributed by atoms with Crippen LogP contribution in [0.25, 0.3) is 0 Å². The van der Waals surface area contributed by atoms with Gasteiger partial charge >= 0.3 is 6.18 Å². The number of nitrogens with zero attached hydrogens (tertiary/aromatic N) is 2. The average molecular weight is 396 g/mol. The number of aromatic nitrogens is 2. The zero-order valence-corrected chi connectivity index (χ0v) is 15.4. The van der Waals surface area contributed by atoms with E-state index in [1.807, 2.05) is 0 Å². The minimum absolute atomic E-state index is 0.117. The highest BCUT2D eigenvalue weighted by Crippen LogP contribution is 2.23. The van der Waals surface area contributed by atoms with Gasteiger partial charge in [0.25, 0.3) is 5.91 Å². The number of carbonyl (C=O) groups is 2. The van der Waals surface area contributed by atoms with E-state index in [9.17, 15) is 22.8 Å². The minimum Gasteiger partial charge on any atom is -0.468 e. The Hall–Kier alpha value is -3.17. The summed E-state index contributed by atoms with van der Waals surface area (Å²) in [6.07, 6.45) is -1.71. The molecule has 2 heterocycles. The Morgan fingerprint density at radius 1 is 1.25 bits per heavy atom. The lowest BCUT2D eigenvalue weighted by Crippen LogP contribution is -2.27. The van der Waals surface area contributed by atoms with Gasteiger partial charge in [-0.2, -0.15) is 13.2 Å². The molecule has 2 N–H and O–H groups in total. The number of alkyl halides is 3. The Bertz CT molecular complexity index is 871. The Kier molecular flexibility index (Phi) is 6.55. The number of carbonyl (C=O) groups excluding carboxylic acids is 2. The van der Waals surface area contributed by atoms with Crippen LogP contribution in [0, 0.1) is 6.92 Å². The van der Waals surface area contributed by atoms with E-state index >= 15 is 0 Å². The van der Waals surface area contributed by atoms with Gasteiger partial charge in [-0.15, -0.1) is 0 Å². The highest BCUT2D eigenvalue weighted by atomic mass is 19.4. The third-order valence-corrected chi connectivity index (χ3v) is 3.60. The molecular weight excluding hydrogens is 377 g/mol. The zero-order chi connectivity index (χ0) is 20.9. The van der Waals surface area contributed by atoms with Crippen molar-refractivity contribution in [3.63, 3.8) is 0 Å². The predicted molar refractivity (Wildman–Crippen MR) is 94.9 cm³/mol. The van der Waals surface area contributed by atoms with Crippen molar-refractivity contribution >= 4 is 17.6 Å². The fraction of sp³-hybridized carbons (Fsp3) is 0.333. The van der Waals surface area contributed by atoms with Gasteiger partial charge in [-0.3, -0.25) is 9.59 Å². The number of rotatable bonds is 6. The lowest BCUT2D eigenvalue weighted by atomic mass is 10.1. The standard InChI is InChI=1S/C18H19F3N4O3/c1-10-6-14(8-23-17(10)28-9-18(19,20)21)11(2)24-16(27)13-4-5-22-15(7-13)25-12(3)26/h4-8,11H,9H2,1-3H3,(H,24,27)(H,22,25,26). The monoisotopic (exact) mass is 396 g/mol. The molecule has 7 nitrogen and oxygen atoms in total. The van der Waals surface area contributed by atoms with E-state index in [0.29, 0.717) is 16.7 Å². The van der Waals surface area contributed by atoms with Gasteiger partial charge in [0, 0.05) is 30.4 Å². The van der Waals surface area contributed by atoms with Gasteiger partial charge in [0.1, 0.15) is 5.82 Å². The molecule has 0 saturated heterocycles. The van der Waals surface area contributed by atoms with Crippen LogP contribution in [0.15, 0.2) is 30.6 Å². The maximum atomic E-state index is 12.4. The molecule has 0 bridgehead atoms. The van der Waals surface area contributed by atoms with Crippen LogP contribution < -0.4 is 15.4 Å². The molecule has 0 aliphatic rings. The van der Waals surface area contributed by atoms with E-state index in [4.69, 9.17) is 0 Å². The van der Waals surface area contributed by atoms with E-state index in [0.717, 1.165) is 0 Å². The van der Waals surface area contributed by atoms with Gasteiger partial charge in [0.2, 0.25) is 11.8 Å². The molecule has 0 aromatic carbocycles. The van der Waals surface area contributed by atoms with Gasteiger partial charge < -0.3 is 15.4 Å². The number of halogens is 3. The smallest absolute Gasteiger partial charge is 0.422 e. The number of nitrogens with one attached hydrogen (secondary N) is 2. The van der Waals surface area contributed by atoms with Gasteiger partial charge in [-0.25, -0.2) is 9.97 Å². The Morgan fingerprint density at radius 3 is 2.57 bits per heavy atom. The number of pyridine rings is 2. The SMILES string of the molecule is CC(=O)Nc1cc(C(=O)NC(C)c2cnc(OCC(F)(F)F)c(C)c2)ccn1. The van der Waals surface area contributed by atoms with Crippen molar-refractivity contribution in [2.45, 2.75) is 33.0 Å². The van der Waals surface area contributed by atoms with E-state index in [1.165, 1.54) is 31.5 Å². The third kappa shape index (κ3) is 6.22. The molecule has 0 aliphatic carbocycles. The molecule has 1 unspecified atom stereocenters. The van der Waals surface area contributed by atoms with E-state index in [1.54, 1.807) is 19.9 Å². The quantitative estimate of drug-likeness (QED) is 0.782. The lowest BCUT2D eigenvalue weighted by Gasteiger charge is -2.16. The van der Waals surface area contributed by atoms with Crippen LogP contribution in [0.2, 0.25) is 0 Å². The van der Waals surface area contributed by atoms with Gasteiger partial charge in [-0.1, -0.05) is 0 Å². The van der Waals surface area contributed by atoms with Crippen molar-refractivity contribution in [1.29, 1.82) is 0 Å². The minimum atomic E-state index is -4.45. The Labute approximate surface area is 159 Å². The number of amides is 2. The van der Waals surface area contributed by atoms with Crippen molar-refractivity contribution in [1.82, 2.24) is 15.3 Å². The highest BCUT2D eigenvalue weighted by molar-refractivity contribution is 5.96. The topological polar surface area (TPSA) is 93.2 Å². The van der Waals surface area contributed by atoms with Crippen LogP contribution in [0.5, 0.6) is 5.88 Å². The first-order chi connectivity index (χ1) is 13.0. The van der Waals surface area contributed by atoms with Crippen LogP contribution >= 0.6 is 0 Å². The third-order valence-electron chi connectivity index (χ3n) is 3.60. The Balaban J connectivity index is 2.06. The fourth-order valence-electron chi connectivity index (χ4n) is 2.31. The molecule has 2 amide bonds. The summed E-state index contributed by atoms with van der Waals surface area (Å²) in [5, 5.41) is 5.24. The summed E-state index contributed by atoms with van der Waals surface area (Å²) in [5.41, 5.74) is 1.31. The van der Waals surface area contributed by atoms with Crippen molar-refractivity contribution in [2.24, 2.45) is 0 Å². The predicted octanol–water partition coefficient (Wildman–Crippen LogP) is 3.18. The number of ether oxygens (including phenoxy) is 1. The molecule has 2 aromatic rings. The van der Waals surface area contributed by atoms with Crippen molar-refractivity contribution < 1.29 is 27.5 Å². The number of hydrogen-bond acceptors (Lipinski definition) is 5. The molecule has 0 saturated carbocycles. The molecule has 28 heavy (non-hydrogen) atoms. The second-order valence-electron chi connectivity index (χ2n) is 6.10. The summed E-state index contributed by atoms with van der Waals surface area (Å²) < 4.78 is 41.4. The molecule has 0 aliphatic heterocycles. The number of anilines is 1. The second-order valence-corrected chi connectivity index (χ2v) is 6.10. The lowest BCUT2D eigenvalue weighted by molar-refractivity contribution is -0.154. The van der Waals surface area contributed by atoms with Gasteiger partial charge in [0.05, 0.1) is 6.04 Å². The molecule has 0 spiro atoms. The number of aryl methyl sites for hydroxylation is 1. The van der Waals surface area contributed by atoms with Crippen LogP contribution in [-0.2, 0) is 4.79 Å². The summed E-state index contributed by atoms with van der Waals surface area (Å²) >= 11 is 0. The average Bonchev–Trinajstić information content (AvgIpc) is 2.59. The van der Waals surface area contributed by atoms with Crippen LogP contribution in [0.1, 0.15) is 41.4 Å². The summed E-state index contributed by atoms with van der Waals surface area (Å²) in [4.78, 5) is 31.3. The molecule has 2 aromatic heterocycles. The maximum absolute atomic E-state index is 12.4. The number of hydrogen-bond donors (Lipinski definition) is 2. The van der Waals surface area contributed by atoms with E-state index < -0.39 is 24.7 Å². The summed E-state index contributed by atoms with van der Waals surface area (Å²) in [6, 6.07) is 4.05. The summed E-state index contributed by atoms with van der Waals surface area (Å²) in [6.45, 7) is 3.18. The van der Waals surface area contributed by atoms with Gasteiger partial charge in [-0.05, 0) is 37.6 Å². The first-order valence-electron chi connectivity index (χ1n) is 8.26. The van der Waals surface area contributed by atoms with Crippen LogP contribution in [-0.4, -0.2) is 34.6 Å². The second kappa shape index (κ2) is 8.68. The first-order valence-corrected chi connectivity index (χ1v) is 8.26. The van der Waals surface area contributed by atoms with E-state index in [-0.39, 0.29) is 17.6 Å². The highest BCUT2D eigenvalue weighted by Gasteiger charge is 2.29. The molecule has 0 fully saturated rings. The maximum Gasteiger partial charge on any atom is 0.422 e. The largest absolute Gasteiger partial charge is 0.468 e. The Morgan fingerprint density at radius 2 is 1.96 bits per heavy atom. The van der Waals surface area contributed by atoms with Crippen LogP contribution in [0.4, 0.5) is 19.0 Å². The van der Waals surface area contributed by atoms with Crippen LogP contribution in [0.3, 0.4) is 0 Å². The first kappa shape index (κ1) is 21.1. The summed E-state index contributed by atoms with van der Waals surface area (Å²) in [5.74, 6) is -0.588. The molecule has 1 atom stereocenters.